The zero-order valence-electron chi connectivity index (χ0n) is 9.15. The van der Waals surface area contributed by atoms with E-state index in [-0.39, 0.29) is 5.91 Å². The van der Waals surface area contributed by atoms with Crippen LogP contribution in [0.4, 0.5) is 0 Å². The molecule has 0 bridgehead atoms. The van der Waals surface area contributed by atoms with Gasteiger partial charge in [0.15, 0.2) is 0 Å². The van der Waals surface area contributed by atoms with Crippen molar-refractivity contribution in [1.82, 2.24) is 4.90 Å². The number of hydrogen-bond donors (Lipinski definition) is 2. The predicted octanol–water partition coefficient (Wildman–Crippen LogP) is -0.395. The Kier molecular flexibility index (Phi) is 3.14. The molecule has 0 aromatic rings. The molecule has 0 aromatic heterocycles. The molecule has 1 heterocycles. The lowest BCUT2D eigenvalue weighted by molar-refractivity contribution is -0.146. The summed E-state index contributed by atoms with van der Waals surface area (Å²) in [4.78, 5) is 24.1. The highest BCUT2D eigenvalue weighted by Gasteiger charge is 2.39. The lowest BCUT2D eigenvalue weighted by Gasteiger charge is -2.37. The fourth-order valence-electron chi connectivity index (χ4n) is 1.83. The average molecular weight is 212 g/mol. The van der Waals surface area contributed by atoms with Gasteiger partial charge in [0.25, 0.3) is 5.91 Å². The number of primary amides is 1. The van der Waals surface area contributed by atoms with Crippen molar-refractivity contribution in [3.63, 3.8) is 0 Å². The number of hydrogen-bond acceptors (Lipinski definition) is 3. The summed E-state index contributed by atoms with van der Waals surface area (Å²) in [6.07, 6.45) is -1.14. The summed E-state index contributed by atoms with van der Waals surface area (Å²) in [6, 6.07) is 0. The first-order chi connectivity index (χ1) is 6.91. The number of nitrogens with zero attached hydrogens (tertiary/aromatic N) is 1. The summed E-state index contributed by atoms with van der Waals surface area (Å²) in [5.41, 5.74) is 6.25. The molecule has 3 N–H and O–H groups in total. The first-order valence-corrected chi connectivity index (χ1v) is 4.87. The molecular weight excluding hydrogens is 196 g/mol. The second kappa shape index (κ2) is 4.02. The summed E-state index contributed by atoms with van der Waals surface area (Å²) in [5, 5.41) is 9.83. The average Bonchev–Trinajstić information content (AvgIpc) is 2.15. The summed E-state index contributed by atoms with van der Waals surface area (Å²) >= 11 is 0. The minimum absolute atomic E-state index is 0.236. The van der Waals surface area contributed by atoms with E-state index in [1.165, 1.54) is 4.90 Å². The molecule has 1 aliphatic rings. The first-order valence-electron chi connectivity index (χ1n) is 4.87. The van der Waals surface area contributed by atoms with Gasteiger partial charge in [0, 0.05) is 12.1 Å². The first kappa shape index (κ1) is 11.7. The van der Waals surface area contributed by atoms with Crippen LogP contribution in [0.25, 0.3) is 0 Å². The Morgan fingerprint density at radius 2 is 2.07 bits per heavy atom. The molecule has 0 saturated carbocycles. The summed E-state index contributed by atoms with van der Waals surface area (Å²) in [7, 11) is 0. The molecule has 1 aliphatic heterocycles. The molecule has 0 radical (unpaired) electrons. The van der Waals surface area contributed by atoms with Crippen LogP contribution >= 0.6 is 0 Å². The summed E-state index contributed by atoms with van der Waals surface area (Å²) in [5.74, 6) is -1.63. The third-order valence-corrected chi connectivity index (χ3v) is 2.90. The topological polar surface area (TPSA) is 83.6 Å². The highest BCUT2D eigenvalue weighted by atomic mass is 16.3. The molecule has 5 heteroatoms. The fourth-order valence-corrected chi connectivity index (χ4v) is 1.83. The maximum Gasteiger partial charge on any atom is 0.251 e. The Morgan fingerprint density at radius 3 is 2.47 bits per heavy atom. The Morgan fingerprint density at radius 1 is 1.53 bits per heavy atom. The van der Waals surface area contributed by atoms with E-state index in [1.807, 2.05) is 0 Å². The van der Waals surface area contributed by atoms with Crippen molar-refractivity contribution >= 4 is 11.8 Å². The standard InChI is InChI=1S/C10H16N2O3/c1-4-12-9(14)6(3)5(2)7(8(11)13)10(12)15/h7,10,15H,4H2,1-3H3,(H2,11,13). The van der Waals surface area contributed by atoms with Gasteiger partial charge >= 0.3 is 0 Å². The predicted molar refractivity (Wildman–Crippen MR) is 54.5 cm³/mol. The van der Waals surface area contributed by atoms with E-state index in [0.29, 0.717) is 17.7 Å². The lowest BCUT2D eigenvalue weighted by Crippen LogP contribution is -2.52. The van der Waals surface area contributed by atoms with E-state index in [4.69, 9.17) is 5.73 Å². The van der Waals surface area contributed by atoms with Gasteiger partial charge in [0.05, 0.1) is 0 Å². The normalized spacial score (nSPS) is 27.2. The van der Waals surface area contributed by atoms with Crippen molar-refractivity contribution in [3.8, 4) is 0 Å². The summed E-state index contributed by atoms with van der Waals surface area (Å²) < 4.78 is 0. The van der Waals surface area contributed by atoms with Crippen LogP contribution in [0.5, 0.6) is 0 Å². The van der Waals surface area contributed by atoms with Crippen LogP contribution in [0.3, 0.4) is 0 Å². The van der Waals surface area contributed by atoms with Crippen LogP contribution in [-0.2, 0) is 9.59 Å². The molecule has 0 fully saturated rings. The number of amides is 2. The SMILES string of the molecule is CCN1C(=O)C(C)=C(C)C(C(N)=O)C1O. The quantitative estimate of drug-likeness (QED) is 0.653. The number of nitrogens with two attached hydrogens (primary N) is 1. The number of carbonyl (C=O) groups is 2. The van der Waals surface area contributed by atoms with E-state index < -0.39 is 18.1 Å². The van der Waals surface area contributed by atoms with Crippen LogP contribution < -0.4 is 5.73 Å². The van der Waals surface area contributed by atoms with E-state index in [1.54, 1.807) is 20.8 Å². The number of likely N-dealkylation sites (N-methyl/N-ethyl adjacent to an activating group) is 1. The number of carbonyl (C=O) groups excluding carboxylic acids is 2. The van der Waals surface area contributed by atoms with Crippen LogP contribution in [0, 0.1) is 5.92 Å². The van der Waals surface area contributed by atoms with Crippen molar-refractivity contribution in [2.45, 2.75) is 27.0 Å². The van der Waals surface area contributed by atoms with Crippen molar-refractivity contribution in [3.05, 3.63) is 11.1 Å². The van der Waals surface area contributed by atoms with Crippen LogP contribution in [0.2, 0.25) is 0 Å². The molecule has 1 rings (SSSR count). The molecule has 5 nitrogen and oxygen atoms in total. The zero-order chi connectivity index (χ0) is 11.7. The minimum atomic E-state index is -1.14. The summed E-state index contributed by atoms with van der Waals surface area (Å²) in [6.45, 7) is 5.39. The molecule has 0 saturated heterocycles. The Labute approximate surface area is 88.5 Å². The van der Waals surface area contributed by atoms with Gasteiger partial charge in [-0.1, -0.05) is 0 Å². The number of aliphatic hydroxyl groups excluding tert-OH is 1. The molecule has 2 amide bonds. The van der Waals surface area contributed by atoms with Gasteiger partial charge in [-0.2, -0.15) is 0 Å². The van der Waals surface area contributed by atoms with Gasteiger partial charge in [0.2, 0.25) is 5.91 Å². The van der Waals surface area contributed by atoms with Crippen molar-refractivity contribution in [2.24, 2.45) is 11.7 Å². The Hall–Kier alpha value is -1.36. The highest BCUT2D eigenvalue weighted by molar-refractivity contribution is 5.97. The maximum absolute atomic E-state index is 11.7. The van der Waals surface area contributed by atoms with E-state index in [2.05, 4.69) is 0 Å². The molecule has 2 unspecified atom stereocenters. The molecule has 0 aliphatic carbocycles. The van der Waals surface area contributed by atoms with Gasteiger partial charge in [0.1, 0.15) is 12.1 Å². The van der Waals surface area contributed by atoms with Crippen molar-refractivity contribution in [1.29, 1.82) is 0 Å². The van der Waals surface area contributed by atoms with Gasteiger partial charge < -0.3 is 15.7 Å². The molecule has 84 valence electrons. The van der Waals surface area contributed by atoms with Crippen molar-refractivity contribution < 1.29 is 14.7 Å². The van der Waals surface area contributed by atoms with Crippen molar-refractivity contribution in [2.75, 3.05) is 6.54 Å². The number of rotatable bonds is 2. The zero-order valence-corrected chi connectivity index (χ0v) is 9.15. The molecule has 0 spiro atoms. The Balaban J connectivity index is 3.20. The van der Waals surface area contributed by atoms with Crippen LogP contribution in [-0.4, -0.2) is 34.6 Å². The third kappa shape index (κ3) is 1.74. The van der Waals surface area contributed by atoms with E-state index >= 15 is 0 Å². The molecule has 0 aromatic carbocycles. The van der Waals surface area contributed by atoms with Gasteiger partial charge in [-0.15, -0.1) is 0 Å². The lowest BCUT2D eigenvalue weighted by atomic mass is 9.88. The fraction of sp³-hybridized carbons (Fsp3) is 0.600. The van der Waals surface area contributed by atoms with Gasteiger partial charge in [-0.25, -0.2) is 0 Å². The highest BCUT2D eigenvalue weighted by Crippen LogP contribution is 2.27. The largest absolute Gasteiger partial charge is 0.372 e. The van der Waals surface area contributed by atoms with E-state index in [9.17, 15) is 14.7 Å². The molecule has 15 heavy (non-hydrogen) atoms. The second-order valence-corrected chi connectivity index (χ2v) is 3.69. The molecular formula is C10H16N2O3. The smallest absolute Gasteiger partial charge is 0.251 e. The number of aliphatic hydroxyl groups is 1. The maximum atomic E-state index is 11.7. The monoisotopic (exact) mass is 212 g/mol. The third-order valence-electron chi connectivity index (χ3n) is 2.90. The van der Waals surface area contributed by atoms with Gasteiger partial charge in [-0.05, 0) is 26.3 Å². The molecule has 2 atom stereocenters. The van der Waals surface area contributed by atoms with Crippen LogP contribution in [0.15, 0.2) is 11.1 Å². The van der Waals surface area contributed by atoms with E-state index in [0.717, 1.165) is 0 Å². The Bertz CT molecular complexity index is 336. The minimum Gasteiger partial charge on any atom is -0.372 e. The second-order valence-electron chi connectivity index (χ2n) is 3.69. The van der Waals surface area contributed by atoms with Crippen LogP contribution in [0.1, 0.15) is 20.8 Å². The van der Waals surface area contributed by atoms with Gasteiger partial charge in [-0.3, -0.25) is 9.59 Å².